The SMILES string of the molecule is CCCNC(=O)CC(C(=O)O)c1ccccc1Cl. The average molecular weight is 270 g/mol. The number of carboxylic acid groups (broad SMARTS) is 1. The zero-order chi connectivity index (χ0) is 13.5. The molecule has 98 valence electrons. The van der Waals surface area contributed by atoms with Gasteiger partial charge < -0.3 is 10.4 Å². The monoisotopic (exact) mass is 269 g/mol. The molecule has 1 atom stereocenters. The molecule has 1 unspecified atom stereocenters. The molecule has 2 N–H and O–H groups in total. The largest absolute Gasteiger partial charge is 0.481 e. The van der Waals surface area contributed by atoms with Crippen molar-refractivity contribution < 1.29 is 14.7 Å². The third-order valence-electron chi connectivity index (χ3n) is 2.54. The Morgan fingerprint density at radius 1 is 1.39 bits per heavy atom. The first kappa shape index (κ1) is 14.5. The van der Waals surface area contributed by atoms with Gasteiger partial charge in [0.25, 0.3) is 0 Å². The smallest absolute Gasteiger partial charge is 0.311 e. The Balaban J connectivity index is 2.81. The van der Waals surface area contributed by atoms with Crippen molar-refractivity contribution in [3.05, 3.63) is 34.9 Å². The maximum atomic E-state index is 11.6. The minimum Gasteiger partial charge on any atom is -0.481 e. The molecule has 0 fully saturated rings. The van der Waals surface area contributed by atoms with Crippen LogP contribution in [0.4, 0.5) is 0 Å². The van der Waals surface area contributed by atoms with Gasteiger partial charge in [-0.05, 0) is 18.1 Å². The molecule has 0 aliphatic heterocycles. The van der Waals surface area contributed by atoms with Gasteiger partial charge in [-0.1, -0.05) is 36.7 Å². The quantitative estimate of drug-likeness (QED) is 0.833. The van der Waals surface area contributed by atoms with Gasteiger partial charge in [-0.3, -0.25) is 9.59 Å². The number of rotatable bonds is 6. The fourth-order valence-electron chi connectivity index (χ4n) is 1.61. The normalized spacial score (nSPS) is 11.9. The molecule has 18 heavy (non-hydrogen) atoms. The summed E-state index contributed by atoms with van der Waals surface area (Å²) >= 11 is 5.96. The summed E-state index contributed by atoms with van der Waals surface area (Å²) in [6.45, 7) is 2.48. The summed E-state index contributed by atoms with van der Waals surface area (Å²) in [5.74, 6) is -2.23. The maximum absolute atomic E-state index is 11.6. The van der Waals surface area contributed by atoms with E-state index in [1.54, 1.807) is 24.3 Å². The predicted octanol–water partition coefficient (Wildman–Crippen LogP) is 2.42. The van der Waals surface area contributed by atoms with Crippen LogP contribution >= 0.6 is 11.6 Å². The van der Waals surface area contributed by atoms with E-state index in [4.69, 9.17) is 11.6 Å². The van der Waals surface area contributed by atoms with Crippen LogP contribution in [-0.4, -0.2) is 23.5 Å². The number of nitrogens with one attached hydrogen (secondary N) is 1. The topological polar surface area (TPSA) is 66.4 Å². The number of aliphatic carboxylic acids is 1. The van der Waals surface area contributed by atoms with E-state index >= 15 is 0 Å². The number of benzene rings is 1. The third-order valence-corrected chi connectivity index (χ3v) is 2.88. The summed E-state index contributed by atoms with van der Waals surface area (Å²) < 4.78 is 0. The molecule has 0 saturated heterocycles. The lowest BCUT2D eigenvalue weighted by atomic mass is 9.95. The molecule has 0 radical (unpaired) electrons. The van der Waals surface area contributed by atoms with Crippen LogP contribution in [0.1, 0.15) is 31.2 Å². The molecule has 0 aliphatic rings. The Morgan fingerprint density at radius 3 is 2.61 bits per heavy atom. The van der Waals surface area contributed by atoms with Crippen molar-refractivity contribution in [3.63, 3.8) is 0 Å². The number of amides is 1. The van der Waals surface area contributed by atoms with Crippen LogP contribution in [0.2, 0.25) is 5.02 Å². The van der Waals surface area contributed by atoms with E-state index in [1.165, 1.54) is 0 Å². The van der Waals surface area contributed by atoms with Gasteiger partial charge >= 0.3 is 5.97 Å². The first-order valence-corrected chi connectivity index (χ1v) is 6.18. The van der Waals surface area contributed by atoms with Gasteiger partial charge in [0.1, 0.15) is 0 Å². The summed E-state index contributed by atoms with van der Waals surface area (Å²) in [7, 11) is 0. The number of halogens is 1. The molecule has 0 saturated carbocycles. The molecule has 0 aromatic heterocycles. The second-order valence-corrected chi connectivity index (χ2v) is 4.37. The molecule has 0 bridgehead atoms. The zero-order valence-electron chi connectivity index (χ0n) is 10.1. The van der Waals surface area contributed by atoms with Crippen molar-refractivity contribution in [1.29, 1.82) is 0 Å². The minimum absolute atomic E-state index is 0.0981. The Morgan fingerprint density at radius 2 is 2.06 bits per heavy atom. The van der Waals surface area contributed by atoms with Gasteiger partial charge in [0.05, 0.1) is 5.92 Å². The second-order valence-electron chi connectivity index (χ2n) is 3.97. The molecule has 1 rings (SSSR count). The molecular weight excluding hydrogens is 254 g/mol. The fourth-order valence-corrected chi connectivity index (χ4v) is 1.88. The summed E-state index contributed by atoms with van der Waals surface area (Å²) in [5, 5.41) is 12.2. The van der Waals surface area contributed by atoms with E-state index in [1.807, 2.05) is 6.92 Å². The van der Waals surface area contributed by atoms with Gasteiger partial charge in [-0.15, -0.1) is 0 Å². The van der Waals surface area contributed by atoms with E-state index in [2.05, 4.69) is 5.32 Å². The van der Waals surface area contributed by atoms with Crippen LogP contribution in [0.3, 0.4) is 0 Å². The Hall–Kier alpha value is -1.55. The third kappa shape index (κ3) is 4.04. The van der Waals surface area contributed by atoms with Crippen LogP contribution < -0.4 is 5.32 Å². The van der Waals surface area contributed by atoms with Crippen molar-refractivity contribution in [2.75, 3.05) is 6.54 Å². The molecule has 1 aromatic carbocycles. The second kappa shape index (κ2) is 7.01. The van der Waals surface area contributed by atoms with Crippen molar-refractivity contribution in [3.8, 4) is 0 Å². The summed E-state index contributed by atoms with van der Waals surface area (Å²) in [5.41, 5.74) is 0.471. The molecule has 0 spiro atoms. The standard InChI is InChI=1S/C13H16ClNO3/c1-2-7-15-12(16)8-10(13(17)18)9-5-3-4-6-11(9)14/h3-6,10H,2,7-8H2,1H3,(H,15,16)(H,17,18). The highest BCUT2D eigenvalue weighted by atomic mass is 35.5. The van der Waals surface area contributed by atoms with Crippen LogP contribution in [0, 0.1) is 0 Å². The number of carboxylic acids is 1. The number of hydrogen-bond donors (Lipinski definition) is 2. The van der Waals surface area contributed by atoms with Gasteiger partial charge in [-0.2, -0.15) is 0 Å². The van der Waals surface area contributed by atoms with E-state index in [0.717, 1.165) is 6.42 Å². The summed E-state index contributed by atoms with van der Waals surface area (Å²) in [4.78, 5) is 22.8. The van der Waals surface area contributed by atoms with Crippen molar-refractivity contribution >= 4 is 23.5 Å². The lowest BCUT2D eigenvalue weighted by molar-refractivity contribution is -0.140. The first-order chi connectivity index (χ1) is 8.56. The molecular formula is C13H16ClNO3. The number of hydrogen-bond acceptors (Lipinski definition) is 2. The van der Waals surface area contributed by atoms with Crippen LogP contribution in [0.25, 0.3) is 0 Å². The predicted molar refractivity (Wildman–Crippen MR) is 69.7 cm³/mol. The molecule has 0 heterocycles. The van der Waals surface area contributed by atoms with Gasteiger partial charge in [0.2, 0.25) is 5.91 Å². The number of carbonyl (C=O) groups excluding carboxylic acids is 1. The first-order valence-electron chi connectivity index (χ1n) is 5.80. The van der Waals surface area contributed by atoms with Crippen LogP contribution in [0.15, 0.2) is 24.3 Å². The van der Waals surface area contributed by atoms with E-state index in [0.29, 0.717) is 17.1 Å². The Kier molecular flexibility index (Phi) is 5.65. The van der Waals surface area contributed by atoms with Crippen molar-refractivity contribution in [2.45, 2.75) is 25.7 Å². The van der Waals surface area contributed by atoms with Crippen LogP contribution in [-0.2, 0) is 9.59 Å². The average Bonchev–Trinajstić information content (AvgIpc) is 2.34. The van der Waals surface area contributed by atoms with E-state index < -0.39 is 11.9 Å². The Bertz CT molecular complexity index is 434. The fraction of sp³-hybridized carbons (Fsp3) is 0.385. The molecule has 1 aromatic rings. The molecule has 5 heteroatoms. The van der Waals surface area contributed by atoms with Gasteiger partial charge in [-0.25, -0.2) is 0 Å². The van der Waals surface area contributed by atoms with E-state index in [-0.39, 0.29) is 12.3 Å². The van der Waals surface area contributed by atoms with E-state index in [9.17, 15) is 14.7 Å². The summed E-state index contributed by atoms with van der Waals surface area (Å²) in [6, 6.07) is 6.69. The van der Waals surface area contributed by atoms with Crippen molar-refractivity contribution in [2.24, 2.45) is 0 Å². The lowest BCUT2D eigenvalue weighted by Crippen LogP contribution is -2.28. The van der Waals surface area contributed by atoms with Gasteiger partial charge in [0.15, 0.2) is 0 Å². The van der Waals surface area contributed by atoms with Crippen molar-refractivity contribution in [1.82, 2.24) is 5.32 Å². The highest BCUT2D eigenvalue weighted by Gasteiger charge is 2.24. The number of carbonyl (C=O) groups is 2. The van der Waals surface area contributed by atoms with Crippen LogP contribution in [0.5, 0.6) is 0 Å². The lowest BCUT2D eigenvalue weighted by Gasteiger charge is -2.14. The maximum Gasteiger partial charge on any atom is 0.311 e. The molecule has 4 nitrogen and oxygen atoms in total. The van der Waals surface area contributed by atoms with Gasteiger partial charge in [0, 0.05) is 18.0 Å². The molecule has 0 aliphatic carbocycles. The Labute approximate surface area is 111 Å². The molecule has 1 amide bonds. The highest BCUT2D eigenvalue weighted by Crippen LogP contribution is 2.27. The summed E-state index contributed by atoms with van der Waals surface area (Å²) in [6.07, 6.45) is 0.717. The minimum atomic E-state index is -1.05. The zero-order valence-corrected chi connectivity index (χ0v) is 10.9. The highest BCUT2D eigenvalue weighted by molar-refractivity contribution is 6.31.